The summed E-state index contributed by atoms with van der Waals surface area (Å²) in [5.41, 5.74) is 0. The van der Waals surface area contributed by atoms with Crippen LogP contribution in [0.25, 0.3) is 0 Å². The molecule has 0 radical (unpaired) electrons. The van der Waals surface area contributed by atoms with Crippen molar-refractivity contribution in [3.05, 3.63) is 11.9 Å². The van der Waals surface area contributed by atoms with Gasteiger partial charge < -0.3 is 10.2 Å². The molecule has 0 aliphatic rings. The van der Waals surface area contributed by atoms with Gasteiger partial charge in [0, 0.05) is 37.9 Å². The molecule has 0 bridgehead atoms. The summed E-state index contributed by atoms with van der Waals surface area (Å²) in [6, 6.07) is 2.60. The highest BCUT2D eigenvalue weighted by Crippen LogP contribution is 2.20. The second-order valence-electron chi connectivity index (χ2n) is 5.33. The Bertz CT molecular complexity index is 411. The number of aryl methyl sites for hydroxylation is 1. The van der Waals surface area contributed by atoms with Gasteiger partial charge in [-0.05, 0) is 25.5 Å². The van der Waals surface area contributed by atoms with Gasteiger partial charge in [-0.2, -0.15) is 11.8 Å². The number of rotatable bonds is 10. The number of anilines is 2. The van der Waals surface area contributed by atoms with Crippen molar-refractivity contribution >= 4 is 23.4 Å². The van der Waals surface area contributed by atoms with Crippen molar-refractivity contribution < 1.29 is 0 Å². The number of hydrogen-bond donors (Lipinski definition) is 1. The summed E-state index contributed by atoms with van der Waals surface area (Å²) in [6.45, 7) is 7.52. The predicted molar refractivity (Wildman–Crippen MR) is 95.7 cm³/mol. The first-order chi connectivity index (χ1) is 10.2. The zero-order valence-electron chi connectivity index (χ0n) is 14.1. The van der Waals surface area contributed by atoms with E-state index in [1.807, 2.05) is 11.8 Å². The third kappa shape index (κ3) is 5.73. The number of aromatic nitrogens is 2. The van der Waals surface area contributed by atoms with Crippen molar-refractivity contribution in [2.75, 3.05) is 35.8 Å². The van der Waals surface area contributed by atoms with Crippen LogP contribution in [-0.2, 0) is 6.42 Å². The Balaban J connectivity index is 2.99. The molecule has 0 aliphatic carbocycles. The van der Waals surface area contributed by atoms with Crippen molar-refractivity contribution in [1.29, 1.82) is 0 Å². The molecule has 0 aliphatic heterocycles. The first kappa shape index (κ1) is 18.1. The second kappa shape index (κ2) is 9.87. The van der Waals surface area contributed by atoms with Gasteiger partial charge >= 0.3 is 0 Å². The van der Waals surface area contributed by atoms with Gasteiger partial charge in [0.25, 0.3) is 0 Å². The van der Waals surface area contributed by atoms with E-state index in [-0.39, 0.29) is 0 Å². The average molecular weight is 311 g/mol. The molecular formula is C16H30N4S. The average Bonchev–Trinajstić information content (AvgIpc) is 2.50. The van der Waals surface area contributed by atoms with Crippen molar-refractivity contribution in [3.63, 3.8) is 0 Å². The maximum absolute atomic E-state index is 4.75. The van der Waals surface area contributed by atoms with E-state index in [4.69, 9.17) is 4.98 Å². The van der Waals surface area contributed by atoms with Crippen LogP contribution in [0, 0.1) is 0 Å². The van der Waals surface area contributed by atoms with Crippen LogP contribution in [-0.4, -0.2) is 41.6 Å². The van der Waals surface area contributed by atoms with E-state index in [9.17, 15) is 0 Å². The Kier molecular flexibility index (Phi) is 8.50. The summed E-state index contributed by atoms with van der Waals surface area (Å²) in [5, 5.41) is 3.39. The van der Waals surface area contributed by atoms with Crippen LogP contribution in [0.15, 0.2) is 6.07 Å². The number of hydrogen-bond acceptors (Lipinski definition) is 5. The molecule has 0 saturated heterocycles. The van der Waals surface area contributed by atoms with Crippen molar-refractivity contribution in [1.82, 2.24) is 9.97 Å². The fourth-order valence-electron chi connectivity index (χ4n) is 2.23. The van der Waals surface area contributed by atoms with Gasteiger partial charge in [-0.1, -0.05) is 20.8 Å². The summed E-state index contributed by atoms with van der Waals surface area (Å²) < 4.78 is 0. The van der Waals surface area contributed by atoms with Crippen molar-refractivity contribution in [2.45, 2.75) is 52.5 Å². The Labute approximate surface area is 134 Å². The maximum Gasteiger partial charge on any atom is 0.134 e. The zero-order chi connectivity index (χ0) is 15.7. The zero-order valence-corrected chi connectivity index (χ0v) is 15.0. The molecular weight excluding hydrogens is 280 g/mol. The SMILES string of the molecule is CCCNc1cc(N(C)C(CC)CSC)nc(CCC)n1. The van der Waals surface area contributed by atoms with Gasteiger partial charge in [-0.3, -0.25) is 0 Å². The lowest BCUT2D eigenvalue weighted by Crippen LogP contribution is -2.34. The summed E-state index contributed by atoms with van der Waals surface area (Å²) >= 11 is 1.89. The molecule has 0 saturated carbocycles. The van der Waals surface area contributed by atoms with Crippen molar-refractivity contribution in [2.24, 2.45) is 0 Å². The third-order valence-electron chi connectivity index (χ3n) is 3.53. The Morgan fingerprint density at radius 3 is 2.57 bits per heavy atom. The van der Waals surface area contributed by atoms with Crippen molar-refractivity contribution in [3.8, 4) is 0 Å². The second-order valence-corrected chi connectivity index (χ2v) is 6.24. The minimum atomic E-state index is 0.517. The highest BCUT2D eigenvalue weighted by molar-refractivity contribution is 7.98. The van der Waals surface area contributed by atoms with Gasteiger partial charge in [0.05, 0.1) is 0 Å². The van der Waals surface area contributed by atoms with Crippen LogP contribution in [0.3, 0.4) is 0 Å². The van der Waals surface area contributed by atoms with E-state index in [0.717, 1.165) is 55.4 Å². The largest absolute Gasteiger partial charge is 0.370 e. The van der Waals surface area contributed by atoms with Crippen LogP contribution in [0.5, 0.6) is 0 Å². The lowest BCUT2D eigenvalue weighted by molar-refractivity contribution is 0.661. The summed E-state index contributed by atoms with van der Waals surface area (Å²) in [4.78, 5) is 11.7. The minimum Gasteiger partial charge on any atom is -0.370 e. The normalized spacial score (nSPS) is 12.2. The molecule has 1 rings (SSSR count). The molecule has 0 spiro atoms. The molecule has 21 heavy (non-hydrogen) atoms. The van der Waals surface area contributed by atoms with Crippen LogP contribution in [0.1, 0.15) is 45.9 Å². The highest BCUT2D eigenvalue weighted by atomic mass is 32.2. The van der Waals surface area contributed by atoms with Crippen LogP contribution in [0.4, 0.5) is 11.6 Å². The van der Waals surface area contributed by atoms with E-state index < -0.39 is 0 Å². The molecule has 1 unspecified atom stereocenters. The van der Waals surface area contributed by atoms with E-state index in [2.05, 4.69) is 55.3 Å². The molecule has 120 valence electrons. The first-order valence-corrected chi connectivity index (χ1v) is 9.39. The Morgan fingerprint density at radius 2 is 2.00 bits per heavy atom. The molecule has 0 aromatic carbocycles. The lowest BCUT2D eigenvalue weighted by Gasteiger charge is -2.28. The lowest BCUT2D eigenvalue weighted by atomic mass is 10.2. The topological polar surface area (TPSA) is 41.0 Å². The highest BCUT2D eigenvalue weighted by Gasteiger charge is 2.15. The van der Waals surface area contributed by atoms with Gasteiger partial charge in [-0.25, -0.2) is 9.97 Å². The quantitative estimate of drug-likeness (QED) is 0.711. The van der Waals surface area contributed by atoms with E-state index >= 15 is 0 Å². The molecule has 0 fully saturated rings. The molecule has 1 heterocycles. The molecule has 4 nitrogen and oxygen atoms in total. The standard InChI is InChI=1S/C16H30N4S/c1-6-9-14-18-15(17-10-7-2)11-16(19-14)20(4)13(8-3)12-21-5/h11,13H,6-10,12H2,1-5H3,(H,17,18,19). The minimum absolute atomic E-state index is 0.517. The fraction of sp³-hybridized carbons (Fsp3) is 0.750. The molecule has 0 amide bonds. The number of nitrogens with one attached hydrogen (secondary N) is 1. The van der Waals surface area contributed by atoms with Gasteiger partial charge in [-0.15, -0.1) is 0 Å². The molecule has 1 aromatic rings. The predicted octanol–water partition coefficient (Wildman–Crippen LogP) is 3.83. The summed E-state index contributed by atoms with van der Waals surface area (Å²) in [6.07, 6.45) is 6.39. The third-order valence-corrected chi connectivity index (χ3v) is 4.25. The fourth-order valence-corrected chi connectivity index (χ4v) is 3.07. The number of thioether (sulfide) groups is 1. The molecule has 1 N–H and O–H groups in total. The molecule has 1 aromatic heterocycles. The van der Waals surface area contributed by atoms with E-state index in [0.29, 0.717) is 6.04 Å². The van der Waals surface area contributed by atoms with Crippen LogP contribution in [0.2, 0.25) is 0 Å². The monoisotopic (exact) mass is 310 g/mol. The van der Waals surface area contributed by atoms with Gasteiger partial charge in [0.2, 0.25) is 0 Å². The van der Waals surface area contributed by atoms with Crippen LogP contribution >= 0.6 is 11.8 Å². The number of nitrogens with zero attached hydrogens (tertiary/aromatic N) is 3. The molecule has 1 atom stereocenters. The van der Waals surface area contributed by atoms with Gasteiger partial charge in [0.1, 0.15) is 17.5 Å². The summed E-state index contributed by atoms with van der Waals surface area (Å²) in [5.74, 6) is 4.06. The Hall–Kier alpha value is -0.970. The van der Waals surface area contributed by atoms with Gasteiger partial charge in [0.15, 0.2) is 0 Å². The van der Waals surface area contributed by atoms with Crippen LogP contribution < -0.4 is 10.2 Å². The maximum atomic E-state index is 4.75. The Morgan fingerprint density at radius 1 is 1.24 bits per heavy atom. The van der Waals surface area contributed by atoms with E-state index in [1.54, 1.807) is 0 Å². The summed E-state index contributed by atoms with van der Waals surface area (Å²) in [7, 11) is 2.14. The molecule has 5 heteroatoms. The first-order valence-electron chi connectivity index (χ1n) is 7.99. The smallest absolute Gasteiger partial charge is 0.134 e. The van der Waals surface area contributed by atoms with E-state index in [1.165, 1.54) is 0 Å².